The second kappa shape index (κ2) is 14.4. The van der Waals surface area contributed by atoms with Gasteiger partial charge in [0, 0.05) is 25.4 Å². The molecule has 8 atom stereocenters. The zero-order valence-electron chi connectivity index (χ0n) is 20.9. The fraction of sp³-hybridized carbons (Fsp3) is 0.821. The largest absolute Gasteiger partial charge is 0.481 e. The Hall–Kier alpha value is -1.21. The first-order chi connectivity index (χ1) is 16.5. The van der Waals surface area contributed by atoms with Gasteiger partial charge in [0.2, 0.25) is 0 Å². The van der Waals surface area contributed by atoms with E-state index in [0.29, 0.717) is 25.2 Å². The Morgan fingerprint density at radius 1 is 1.12 bits per heavy atom. The summed E-state index contributed by atoms with van der Waals surface area (Å²) in [5.74, 6) is 0.343. The molecule has 6 nitrogen and oxygen atoms in total. The average molecular weight is 479 g/mol. The molecule has 0 amide bonds. The van der Waals surface area contributed by atoms with E-state index in [1.54, 1.807) is 0 Å². The van der Waals surface area contributed by atoms with E-state index < -0.39 is 18.2 Å². The Bertz CT molecular complexity index is 655. The van der Waals surface area contributed by atoms with E-state index in [9.17, 15) is 15.0 Å². The molecule has 3 rings (SSSR count). The topological polar surface area (TPSA) is 96.2 Å². The van der Waals surface area contributed by atoms with E-state index in [1.807, 2.05) is 12.2 Å². The van der Waals surface area contributed by atoms with Crippen molar-refractivity contribution in [3.63, 3.8) is 0 Å². The van der Waals surface area contributed by atoms with Crippen LogP contribution in [0.5, 0.6) is 0 Å². The Kier molecular flexibility index (Phi) is 11.6. The molecule has 2 aliphatic carbocycles. The van der Waals surface area contributed by atoms with Gasteiger partial charge in [0.05, 0.1) is 18.3 Å². The van der Waals surface area contributed by atoms with Gasteiger partial charge in [-0.15, -0.1) is 0 Å². The first-order valence-corrected chi connectivity index (χ1v) is 13.7. The Morgan fingerprint density at radius 3 is 2.71 bits per heavy atom. The number of rotatable bonds is 13. The quantitative estimate of drug-likeness (QED) is 0.248. The first kappa shape index (κ1) is 27.4. The maximum Gasteiger partial charge on any atom is 0.303 e. The van der Waals surface area contributed by atoms with Crippen LogP contribution in [-0.2, 0) is 14.3 Å². The van der Waals surface area contributed by atoms with Gasteiger partial charge in [0.1, 0.15) is 0 Å². The number of aliphatic carboxylic acids is 1. The molecule has 194 valence electrons. The Balaban J connectivity index is 1.62. The zero-order valence-corrected chi connectivity index (χ0v) is 20.9. The van der Waals surface area contributed by atoms with E-state index >= 15 is 0 Å². The average Bonchev–Trinajstić information content (AvgIpc) is 3.38. The summed E-state index contributed by atoms with van der Waals surface area (Å²) in [6.45, 7) is 3.02. The standard InChI is InChI=1S/C28H46O6/c1-2-9-20-13-14-21(18-20)26(34-28-12-7-8-17-33-28)16-15-23-22(24(29)19-25(23)30)10-5-3-4-6-11-27(31)32/h3,5,15-16,20-26,28-30H,2,4,6-14,17-19H2,1H3,(H,31,32)/b5-3-,16-15+/t20?,21?,22-,23-,24+,25?,26?,28?/m1/s1. The van der Waals surface area contributed by atoms with Gasteiger partial charge < -0.3 is 24.8 Å². The van der Waals surface area contributed by atoms with Crippen molar-refractivity contribution in [2.75, 3.05) is 6.61 Å². The highest BCUT2D eigenvalue weighted by Gasteiger charge is 2.40. The zero-order chi connectivity index (χ0) is 24.3. The lowest BCUT2D eigenvalue weighted by Gasteiger charge is -2.30. The summed E-state index contributed by atoms with van der Waals surface area (Å²) in [5, 5.41) is 30.0. The maximum absolute atomic E-state index is 10.7. The van der Waals surface area contributed by atoms with Crippen molar-refractivity contribution in [1.82, 2.24) is 0 Å². The predicted octanol–water partition coefficient (Wildman–Crippen LogP) is 5.23. The van der Waals surface area contributed by atoms with Crippen molar-refractivity contribution >= 4 is 5.97 Å². The molecule has 3 N–H and O–H groups in total. The second-order valence-electron chi connectivity index (χ2n) is 10.6. The van der Waals surface area contributed by atoms with Crippen LogP contribution in [0, 0.1) is 23.7 Å². The molecule has 0 radical (unpaired) electrons. The number of ether oxygens (including phenoxy) is 2. The van der Waals surface area contributed by atoms with E-state index in [-0.39, 0.29) is 30.7 Å². The number of carboxylic acids is 1. The molecule has 3 fully saturated rings. The molecule has 1 aliphatic heterocycles. The van der Waals surface area contributed by atoms with Crippen molar-refractivity contribution in [2.24, 2.45) is 23.7 Å². The second-order valence-corrected chi connectivity index (χ2v) is 10.6. The van der Waals surface area contributed by atoms with Gasteiger partial charge in [-0.05, 0) is 69.1 Å². The summed E-state index contributed by atoms with van der Waals surface area (Å²) < 4.78 is 12.4. The number of carboxylic acid groups (broad SMARTS) is 1. The number of carbonyl (C=O) groups is 1. The highest BCUT2D eigenvalue weighted by atomic mass is 16.7. The van der Waals surface area contributed by atoms with Crippen LogP contribution in [0.3, 0.4) is 0 Å². The van der Waals surface area contributed by atoms with Crippen LogP contribution in [0.15, 0.2) is 24.3 Å². The number of aliphatic hydroxyl groups excluding tert-OH is 2. The van der Waals surface area contributed by atoms with E-state index in [4.69, 9.17) is 14.6 Å². The van der Waals surface area contributed by atoms with E-state index in [0.717, 1.165) is 38.2 Å². The molecule has 2 saturated carbocycles. The molecular weight excluding hydrogens is 432 g/mol. The van der Waals surface area contributed by atoms with Crippen LogP contribution >= 0.6 is 0 Å². The summed E-state index contributed by atoms with van der Waals surface area (Å²) in [7, 11) is 0. The molecule has 0 spiro atoms. The van der Waals surface area contributed by atoms with Gasteiger partial charge in [-0.2, -0.15) is 0 Å². The van der Waals surface area contributed by atoms with Crippen LogP contribution < -0.4 is 0 Å². The molecule has 3 aliphatic rings. The number of aliphatic hydroxyl groups is 2. The Morgan fingerprint density at radius 2 is 1.97 bits per heavy atom. The molecule has 1 saturated heterocycles. The van der Waals surface area contributed by atoms with Crippen LogP contribution in [0.1, 0.15) is 90.4 Å². The number of allylic oxidation sites excluding steroid dienone is 2. The van der Waals surface area contributed by atoms with Crippen LogP contribution in [-0.4, -0.2) is 52.5 Å². The number of hydrogen-bond acceptors (Lipinski definition) is 5. The molecule has 0 aromatic heterocycles. The predicted molar refractivity (Wildman–Crippen MR) is 132 cm³/mol. The number of hydrogen-bond donors (Lipinski definition) is 3. The SMILES string of the molecule is CCCC1CCC(C(/C=C/[C@H]2C(O)C[C@H](O)[C@@H]2C/C=C\CCCC(=O)O)OC2CCCCO2)C1. The summed E-state index contributed by atoms with van der Waals surface area (Å²) >= 11 is 0. The summed E-state index contributed by atoms with van der Waals surface area (Å²) in [6, 6.07) is 0. The van der Waals surface area contributed by atoms with Gasteiger partial charge in [-0.1, -0.05) is 50.5 Å². The van der Waals surface area contributed by atoms with Crippen molar-refractivity contribution in [1.29, 1.82) is 0 Å². The monoisotopic (exact) mass is 478 g/mol. The number of unbranched alkanes of at least 4 members (excludes halogenated alkanes) is 1. The maximum atomic E-state index is 10.7. The molecule has 0 bridgehead atoms. The molecule has 5 unspecified atom stereocenters. The van der Waals surface area contributed by atoms with Crippen LogP contribution in [0.2, 0.25) is 0 Å². The summed E-state index contributed by atoms with van der Waals surface area (Å²) in [6.07, 6.45) is 18.9. The first-order valence-electron chi connectivity index (χ1n) is 13.7. The molecular formula is C28H46O6. The van der Waals surface area contributed by atoms with E-state index in [1.165, 1.54) is 32.1 Å². The minimum Gasteiger partial charge on any atom is -0.481 e. The van der Waals surface area contributed by atoms with E-state index in [2.05, 4.69) is 19.1 Å². The lowest BCUT2D eigenvalue weighted by Crippen LogP contribution is -2.31. The third kappa shape index (κ3) is 8.47. The summed E-state index contributed by atoms with van der Waals surface area (Å²) in [5.41, 5.74) is 0. The lowest BCUT2D eigenvalue weighted by molar-refractivity contribution is -0.187. The third-order valence-electron chi connectivity index (χ3n) is 7.97. The van der Waals surface area contributed by atoms with Crippen molar-refractivity contribution in [3.05, 3.63) is 24.3 Å². The van der Waals surface area contributed by atoms with Gasteiger partial charge in [-0.25, -0.2) is 0 Å². The fourth-order valence-corrected chi connectivity index (χ4v) is 6.08. The highest BCUT2D eigenvalue weighted by molar-refractivity contribution is 5.66. The van der Waals surface area contributed by atoms with Gasteiger partial charge in [-0.3, -0.25) is 4.79 Å². The van der Waals surface area contributed by atoms with Gasteiger partial charge in [0.15, 0.2) is 6.29 Å². The van der Waals surface area contributed by atoms with Crippen molar-refractivity contribution < 1.29 is 29.6 Å². The van der Waals surface area contributed by atoms with Crippen LogP contribution in [0.4, 0.5) is 0 Å². The minimum absolute atomic E-state index is 0.0119. The lowest BCUT2D eigenvalue weighted by atomic mass is 9.88. The molecule has 0 aromatic rings. The van der Waals surface area contributed by atoms with Gasteiger partial charge >= 0.3 is 5.97 Å². The van der Waals surface area contributed by atoms with Gasteiger partial charge in [0.25, 0.3) is 0 Å². The molecule has 0 aromatic carbocycles. The fourth-order valence-electron chi connectivity index (χ4n) is 6.08. The highest BCUT2D eigenvalue weighted by Crippen LogP contribution is 2.40. The summed E-state index contributed by atoms with van der Waals surface area (Å²) in [4.78, 5) is 10.7. The van der Waals surface area contributed by atoms with Crippen molar-refractivity contribution in [2.45, 2.75) is 115 Å². The van der Waals surface area contributed by atoms with Crippen LogP contribution in [0.25, 0.3) is 0 Å². The smallest absolute Gasteiger partial charge is 0.303 e. The Labute approximate surface area is 205 Å². The molecule has 1 heterocycles. The third-order valence-corrected chi connectivity index (χ3v) is 7.97. The normalized spacial score (nSPS) is 35.4. The molecule has 6 heteroatoms. The van der Waals surface area contributed by atoms with Crippen molar-refractivity contribution in [3.8, 4) is 0 Å². The minimum atomic E-state index is -0.772. The molecule has 34 heavy (non-hydrogen) atoms.